The van der Waals surface area contributed by atoms with E-state index < -0.39 is 16.1 Å². The maximum atomic E-state index is 13.5. The Bertz CT molecular complexity index is 1810. The van der Waals surface area contributed by atoms with Gasteiger partial charge in [-0.25, -0.2) is 18.2 Å². The average molecular weight is 654 g/mol. The minimum atomic E-state index is -3.81. The predicted molar refractivity (Wildman–Crippen MR) is 169 cm³/mol. The summed E-state index contributed by atoms with van der Waals surface area (Å²) in [5, 5.41) is 4.51. The number of carbonyl (C=O) groups is 3. The lowest BCUT2D eigenvalue weighted by molar-refractivity contribution is -0.129. The summed E-state index contributed by atoms with van der Waals surface area (Å²) in [5.74, 6) is -0.367. The molecule has 11 nitrogen and oxygen atoms in total. The van der Waals surface area contributed by atoms with E-state index in [2.05, 4.69) is 5.32 Å². The van der Waals surface area contributed by atoms with Gasteiger partial charge in [-0.1, -0.05) is 12.1 Å². The predicted octanol–water partition coefficient (Wildman–Crippen LogP) is 4.64. The number of ether oxygens (including phenoxy) is 1. The second-order valence-electron chi connectivity index (χ2n) is 10.5. The van der Waals surface area contributed by atoms with E-state index >= 15 is 0 Å². The average Bonchev–Trinajstić information content (AvgIpc) is 3.61. The van der Waals surface area contributed by atoms with Gasteiger partial charge in [0.1, 0.15) is 10.0 Å². The lowest BCUT2D eigenvalue weighted by atomic mass is 10.0. The third-order valence-corrected chi connectivity index (χ3v) is 11.9. The number of piperazine rings is 1. The Morgan fingerprint density at radius 2 is 1.68 bits per heavy atom. The highest BCUT2D eigenvalue weighted by Crippen LogP contribution is 2.45. The summed E-state index contributed by atoms with van der Waals surface area (Å²) in [4.78, 5) is 46.8. The van der Waals surface area contributed by atoms with Gasteiger partial charge in [-0.15, -0.1) is 22.7 Å². The molecule has 1 saturated heterocycles. The lowest BCUT2D eigenvalue weighted by Gasteiger charge is -2.33. The SMILES string of the molecule is CCOC(=O)N1CCN(S(=O)(=O)c2ccc(C(=O)Nc3sc4c(c3-c3nc5ccccc5s3)CCN(C(C)=O)C4)cc2)CC1. The van der Waals surface area contributed by atoms with E-state index in [0.717, 1.165) is 31.2 Å². The van der Waals surface area contributed by atoms with E-state index in [0.29, 0.717) is 30.1 Å². The van der Waals surface area contributed by atoms with Gasteiger partial charge in [0.15, 0.2) is 0 Å². The number of carbonyl (C=O) groups excluding carboxylic acids is 3. The zero-order valence-corrected chi connectivity index (χ0v) is 26.7. The monoisotopic (exact) mass is 653 g/mol. The summed E-state index contributed by atoms with van der Waals surface area (Å²) in [6.45, 7) is 5.40. The van der Waals surface area contributed by atoms with E-state index in [9.17, 15) is 22.8 Å². The number of rotatable bonds is 6. The van der Waals surface area contributed by atoms with E-state index in [1.807, 2.05) is 24.3 Å². The zero-order chi connectivity index (χ0) is 31.0. The lowest BCUT2D eigenvalue weighted by Crippen LogP contribution is -2.50. The first kappa shape index (κ1) is 30.2. The van der Waals surface area contributed by atoms with Gasteiger partial charge in [-0.3, -0.25) is 9.59 Å². The number of hydrogen-bond acceptors (Lipinski definition) is 9. The summed E-state index contributed by atoms with van der Waals surface area (Å²) >= 11 is 3.00. The Hall–Kier alpha value is -3.85. The molecule has 2 aliphatic rings. The fraction of sp³-hybridized carbons (Fsp3) is 0.333. The van der Waals surface area contributed by atoms with Gasteiger partial charge in [0, 0.05) is 55.7 Å². The van der Waals surface area contributed by atoms with E-state index in [-0.39, 0.29) is 49.5 Å². The van der Waals surface area contributed by atoms with Crippen LogP contribution < -0.4 is 5.32 Å². The molecule has 14 heteroatoms. The van der Waals surface area contributed by atoms with Gasteiger partial charge < -0.3 is 19.9 Å². The van der Waals surface area contributed by atoms with Crippen molar-refractivity contribution in [1.29, 1.82) is 0 Å². The molecule has 0 atom stereocenters. The summed E-state index contributed by atoms with van der Waals surface area (Å²) in [6, 6.07) is 13.7. The number of anilines is 1. The van der Waals surface area contributed by atoms with Gasteiger partial charge in [0.25, 0.3) is 5.91 Å². The highest BCUT2D eigenvalue weighted by molar-refractivity contribution is 7.89. The minimum Gasteiger partial charge on any atom is -0.450 e. The number of nitrogens with one attached hydrogen (secondary N) is 1. The number of hydrogen-bond donors (Lipinski definition) is 1. The van der Waals surface area contributed by atoms with Crippen molar-refractivity contribution >= 4 is 65.8 Å². The Morgan fingerprint density at radius 1 is 0.955 bits per heavy atom. The molecule has 1 N–H and O–H groups in total. The van der Waals surface area contributed by atoms with Crippen LogP contribution in [0.25, 0.3) is 20.8 Å². The standard InChI is InChI=1S/C30H31N5O6S3/c1-3-41-30(38)33-14-16-35(17-15-33)44(39,40)21-10-8-20(9-11-21)27(37)32-29-26(28-31-23-6-4-5-7-24(23)42-28)22-12-13-34(19(2)36)18-25(22)43-29/h4-11H,3,12-18H2,1-2H3,(H,32,37). The van der Waals surface area contributed by atoms with Crippen molar-refractivity contribution in [2.45, 2.75) is 31.7 Å². The van der Waals surface area contributed by atoms with Crippen LogP contribution in [0.3, 0.4) is 0 Å². The first-order valence-electron chi connectivity index (χ1n) is 14.2. The van der Waals surface area contributed by atoms with Crippen molar-refractivity contribution in [3.63, 3.8) is 0 Å². The number of benzene rings is 2. The number of aromatic nitrogens is 1. The van der Waals surface area contributed by atoms with Gasteiger partial charge in [-0.05, 0) is 55.3 Å². The molecule has 0 aliphatic carbocycles. The molecule has 4 heterocycles. The van der Waals surface area contributed by atoms with Crippen LogP contribution in [0.2, 0.25) is 0 Å². The van der Waals surface area contributed by atoms with Gasteiger partial charge in [-0.2, -0.15) is 4.31 Å². The van der Waals surface area contributed by atoms with Crippen molar-refractivity contribution < 1.29 is 27.5 Å². The molecule has 2 aromatic carbocycles. The van der Waals surface area contributed by atoms with Crippen molar-refractivity contribution in [3.05, 3.63) is 64.5 Å². The third-order valence-electron chi connectivity index (χ3n) is 7.76. The molecule has 0 unspecified atom stereocenters. The Kier molecular flexibility index (Phi) is 8.42. The highest BCUT2D eigenvalue weighted by atomic mass is 32.2. The van der Waals surface area contributed by atoms with Crippen LogP contribution >= 0.6 is 22.7 Å². The summed E-state index contributed by atoms with van der Waals surface area (Å²) in [7, 11) is -3.81. The van der Waals surface area contributed by atoms with Crippen LogP contribution in [-0.4, -0.2) is 84.7 Å². The van der Waals surface area contributed by atoms with Gasteiger partial charge in [0.05, 0.1) is 28.3 Å². The quantitative estimate of drug-likeness (QED) is 0.321. The molecule has 6 rings (SSSR count). The van der Waals surface area contributed by atoms with Crippen molar-refractivity contribution in [1.82, 2.24) is 19.1 Å². The second-order valence-corrected chi connectivity index (χ2v) is 14.5. The number of amides is 3. The topological polar surface area (TPSA) is 129 Å². The minimum absolute atomic E-state index is 0.00657. The summed E-state index contributed by atoms with van der Waals surface area (Å²) < 4.78 is 34.0. The zero-order valence-electron chi connectivity index (χ0n) is 24.2. The molecule has 0 saturated carbocycles. The van der Waals surface area contributed by atoms with Crippen LogP contribution in [0, 0.1) is 0 Å². The molecule has 0 radical (unpaired) electrons. The Morgan fingerprint density at radius 3 is 2.36 bits per heavy atom. The first-order valence-corrected chi connectivity index (χ1v) is 17.3. The van der Waals surface area contributed by atoms with Crippen molar-refractivity contribution in [2.75, 3.05) is 44.6 Å². The largest absolute Gasteiger partial charge is 0.450 e. The fourth-order valence-corrected chi connectivity index (χ4v) is 9.19. The molecule has 2 aromatic heterocycles. The fourth-order valence-electron chi connectivity index (χ4n) is 5.39. The number of nitrogens with zero attached hydrogens (tertiary/aromatic N) is 4. The van der Waals surface area contributed by atoms with E-state index in [1.165, 1.54) is 44.8 Å². The molecule has 0 spiro atoms. The van der Waals surface area contributed by atoms with Gasteiger partial charge in [0.2, 0.25) is 15.9 Å². The highest BCUT2D eigenvalue weighted by Gasteiger charge is 2.32. The molecule has 230 valence electrons. The maximum absolute atomic E-state index is 13.5. The van der Waals surface area contributed by atoms with Crippen LogP contribution in [-0.2, 0) is 32.5 Å². The molecule has 44 heavy (non-hydrogen) atoms. The van der Waals surface area contributed by atoms with Gasteiger partial charge >= 0.3 is 6.09 Å². The molecule has 0 bridgehead atoms. The van der Waals surface area contributed by atoms with Crippen LogP contribution in [0.4, 0.5) is 9.80 Å². The first-order chi connectivity index (χ1) is 21.2. The summed E-state index contributed by atoms with van der Waals surface area (Å²) in [6.07, 6.45) is 0.210. The smallest absolute Gasteiger partial charge is 0.409 e. The van der Waals surface area contributed by atoms with Crippen molar-refractivity contribution in [2.24, 2.45) is 0 Å². The number of fused-ring (bicyclic) bond motifs is 2. The van der Waals surface area contributed by atoms with Crippen LogP contribution in [0.5, 0.6) is 0 Å². The number of thiazole rings is 1. The molecule has 2 aliphatic heterocycles. The molecular weight excluding hydrogens is 623 g/mol. The van der Waals surface area contributed by atoms with E-state index in [1.54, 1.807) is 30.1 Å². The van der Waals surface area contributed by atoms with Crippen LogP contribution in [0.1, 0.15) is 34.6 Å². The third kappa shape index (κ3) is 5.82. The molecule has 3 amide bonds. The normalized spacial score (nSPS) is 15.7. The number of sulfonamides is 1. The van der Waals surface area contributed by atoms with Crippen molar-refractivity contribution in [3.8, 4) is 10.6 Å². The Labute approximate surface area is 263 Å². The maximum Gasteiger partial charge on any atom is 0.409 e. The summed E-state index contributed by atoms with van der Waals surface area (Å²) in [5.41, 5.74) is 3.16. The van der Waals surface area contributed by atoms with E-state index in [4.69, 9.17) is 9.72 Å². The second kappa shape index (κ2) is 12.3. The van der Waals surface area contributed by atoms with Crippen LogP contribution in [0.15, 0.2) is 53.4 Å². The molecule has 4 aromatic rings. The number of para-hydroxylation sites is 1. The molecule has 1 fully saturated rings. The Balaban J connectivity index is 1.22. The molecular formula is C30H31N5O6S3. The number of thiophene rings is 1.